The number of fused-ring (bicyclic) bond motifs is 1. The third-order valence-corrected chi connectivity index (χ3v) is 5.22. The van der Waals surface area contributed by atoms with Crippen LogP contribution in [-0.4, -0.2) is 41.8 Å². The number of benzene rings is 1. The highest BCUT2D eigenvalue weighted by molar-refractivity contribution is 7.92. The summed E-state index contributed by atoms with van der Waals surface area (Å²) in [6.07, 6.45) is 0.121. The number of aromatic amines is 1. The number of ether oxygens (including phenoxy) is 1. The maximum Gasteiger partial charge on any atom is 0.410 e. The molecule has 0 atom stereocenters. The number of amides is 1. The first-order chi connectivity index (χ1) is 12.2. The summed E-state index contributed by atoms with van der Waals surface area (Å²) in [4.78, 5) is 14.0. The number of hydrogen-bond donors (Lipinski definition) is 2. The van der Waals surface area contributed by atoms with Gasteiger partial charge in [-0.25, -0.2) is 13.2 Å². The average molecular weight is 378 g/mol. The quantitative estimate of drug-likeness (QED) is 0.854. The standard InChI is InChI=1S/C17H22N4O4S/c1-17(2,3)25-16(22)21-10-9-14-13(11-21)15(19-18-14)20-26(23,24)12-7-5-4-6-8-12/h4-8H,9-11H2,1-3H3,(H2,18,19,20). The summed E-state index contributed by atoms with van der Waals surface area (Å²) >= 11 is 0. The summed E-state index contributed by atoms with van der Waals surface area (Å²) in [5, 5.41) is 6.94. The summed E-state index contributed by atoms with van der Waals surface area (Å²) < 4.78 is 32.9. The number of nitrogens with zero attached hydrogens (tertiary/aromatic N) is 2. The molecule has 0 saturated carbocycles. The van der Waals surface area contributed by atoms with Crippen LogP contribution in [0.4, 0.5) is 10.6 Å². The van der Waals surface area contributed by atoms with E-state index in [0.29, 0.717) is 18.5 Å². The van der Waals surface area contributed by atoms with Gasteiger partial charge in [0.05, 0.1) is 11.4 Å². The number of H-pyrrole nitrogens is 1. The Morgan fingerprint density at radius 1 is 1.27 bits per heavy atom. The lowest BCUT2D eigenvalue weighted by Gasteiger charge is -2.30. The molecule has 0 radical (unpaired) electrons. The van der Waals surface area contributed by atoms with E-state index in [1.165, 1.54) is 12.1 Å². The minimum Gasteiger partial charge on any atom is -0.444 e. The van der Waals surface area contributed by atoms with Crippen LogP contribution in [0, 0.1) is 0 Å². The molecular weight excluding hydrogens is 356 g/mol. The second-order valence-corrected chi connectivity index (χ2v) is 8.78. The normalized spacial score (nSPS) is 14.7. The van der Waals surface area contributed by atoms with Crippen LogP contribution in [0.5, 0.6) is 0 Å². The van der Waals surface area contributed by atoms with Gasteiger partial charge in [0.1, 0.15) is 5.60 Å². The second-order valence-electron chi connectivity index (χ2n) is 7.10. The highest BCUT2D eigenvalue weighted by atomic mass is 32.2. The lowest BCUT2D eigenvalue weighted by atomic mass is 10.1. The van der Waals surface area contributed by atoms with E-state index in [9.17, 15) is 13.2 Å². The maximum atomic E-state index is 12.5. The van der Waals surface area contributed by atoms with Gasteiger partial charge in [-0.15, -0.1) is 0 Å². The number of nitrogens with one attached hydrogen (secondary N) is 2. The molecule has 3 rings (SSSR count). The molecule has 1 aliphatic heterocycles. The Bertz CT molecular complexity index is 901. The molecule has 1 aromatic carbocycles. The van der Waals surface area contributed by atoms with Crippen molar-refractivity contribution < 1.29 is 17.9 Å². The van der Waals surface area contributed by atoms with Crippen LogP contribution in [0.2, 0.25) is 0 Å². The zero-order valence-electron chi connectivity index (χ0n) is 14.9. The van der Waals surface area contributed by atoms with Gasteiger partial charge in [-0.2, -0.15) is 5.10 Å². The Kier molecular flexibility index (Phi) is 4.66. The molecule has 1 aromatic heterocycles. The van der Waals surface area contributed by atoms with Crippen molar-refractivity contribution in [3.63, 3.8) is 0 Å². The minimum atomic E-state index is -3.75. The third kappa shape index (κ3) is 3.98. The minimum absolute atomic E-state index is 0.150. The van der Waals surface area contributed by atoms with Gasteiger partial charge in [0, 0.05) is 24.2 Å². The van der Waals surface area contributed by atoms with E-state index < -0.39 is 21.7 Å². The van der Waals surface area contributed by atoms with Crippen molar-refractivity contribution in [2.45, 2.75) is 44.2 Å². The molecule has 0 bridgehead atoms. The summed E-state index contributed by atoms with van der Waals surface area (Å²) in [6.45, 7) is 6.12. The number of rotatable bonds is 3. The van der Waals surface area contributed by atoms with Crippen LogP contribution in [0.3, 0.4) is 0 Å². The van der Waals surface area contributed by atoms with Gasteiger partial charge >= 0.3 is 6.09 Å². The monoisotopic (exact) mass is 378 g/mol. The number of carbonyl (C=O) groups excluding carboxylic acids is 1. The SMILES string of the molecule is CC(C)(C)OC(=O)N1CCc2[nH]nc(NS(=O)(=O)c3ccccc3)c2C1. The van der Waals surface area contributed by atoms with Crippen molar-refractivity contribution in [1.82, 2.24) is 15.1 Å². The number of aromatic nitrogens is 2. The van der Waals surface area contributed by atoms with Crippen LogP contribution < -0.4 is 4.72 Å². The van der Waals surface area contributed by atoms with E-state index in [4.69, 9.17) is 4.74 Å². The van der Waals surface area contributed by atoms with E-state index >= 15 is 0 Å². The van der Waals surface area contributed by atoms with Gasteiger partial charge in [0.15, 0.2) is 5.82 Å². The highest BCUT2D eigenvalue weighted by Crippen LogP contribution is 2.27. The molecule has 0 aliphatic carbocycles. The van der Waals surface area contributed by atoms with Gasteiger partial charge in [0.2, 0.25) is 0 Å². The first kappa shape index (κ1) is 18.2. The van der Waals surface area contributed by atoms with E-state index in [1.807, 2.05) is 0 Å². The molecule has 1 aliphatic rings. The lowest BCUT2D eigenvalue weighted by Crippen LogP contribution is -2.40. The molecule has 2 heterocycles. The first-order valence-corrected chi connectivity index (χ1v) is 9.76. The van der Waals surface area contributed by atoms with Crippen molar-refractivity contribution in [3.8, 4) is 0 Å². The summed E-state index contributed by atoms with van der Waals surface area (Å²) in [5.74, 6) is 0.206. The third-order valence-electron chi connectivity index (χ3n) is 3.87. The zero-order valence-corrected chi connectivity index (χ0v) is 15.8. The van der Waals surface area contributed by atoms with Crippen LogP contribution in [0.1, 0.15) is 32.0 Å². The largest absolute Gasteiger partial charge is 0.444 e. The Hall–Kier alpha value is -2.55. The van der Waals surface area contributed by atoms with E-state index in [2.05, 4.69) is 14.9 Å². The van der Waals surface area contributed by atoms with Crippen molar-refractivity contribution in [3.05, 3.63) is 41.6 Å². The zero-order chi connectivity index (χ0) is 18.9. The van der Waals surface area contributed by atoms with Crippen LogP contribution >= 0.6 is 0 Å². The number of sulfonamides is 1. The Labute approximate surface area is 152 Å². The Balaban J connectivity index is 1.80. The molecule has 1 amide bonds. The van der Waals surface area contributed by atoms with Crippen LogP contribution in [0.25, 0.3) is 0 Å². The van der Waals surface area contributed by atoms with Gasteiger partial charge in [-0.05, 0) is 32.9 Å². The van der Waals surface area contributed by atoms with Gasteiger partial charge < -0.3 is 9.64 Å². The highest BCUT2D eigenvalue weighted by Gasteiger charge is 2.29. The maximum absolute atomic E-state index is 12.5. The summed E-state index contributed by atoms with van der Waals surface area (Å²) in [7, 11) is -3.75. The second kappa shape index (κ2) is 6.64. The van der Waals surface area contributed by atoms with Gasteiger partial charge in [0.25, 0.3) is 10.0 Å². The smallest absolute Gasteiger partial charge is 0.410 e. The number of anilines is 1. The molecule has 2 N–H and O–H groups in total. The molecule has 9 heteroatoms. The lowest BCUT2D eigenvalue weighted by molar-refractivity contribution is 0.0224. The van der Waals surface area contributed by atoms with E-state index in [-0.39, 0.29) is 17.3 Å². The van der Waals surface area contributed by atoms with Crippen molar-refractivity contribution in [2.75, 3.05) is 11.3 Å². The predicted octanol–water partition coefficient (Wildman–Crippen LogP) is 2.50. The molecule has 0 fully saturated rings. The fourth-order valence-electron chi connectivity index (χ4n) is 2.65. The molecule has 0 spiro atoms. The van der Waals surface area contributed by atoms with Crippen LogP contribution in [-0.2, 0) is 27.7 Å². The van der Waals surface area contributed by atoms with E-state index in [0.717, 1.165) is 5.69 Å². The Morgan fingerprint density at radius 3 is 2.62 bits per heavy atom. The molecule has 140 valence electrons. The Morgan fingerprint density at radius 2 is 1.96 bits per heavy atom. The van der Waals surface area contributed by atoms with Crippen molar-refractivity contribution in [2.24, 2.45) is 0 Å². The topological polar surface area (TPSA) is 104 Å². The van der Waals surface area contributed by atoms with E-state index in [1.54, 1.807) is 43.9 Å². The predicted molar refractivity (Wildman–Crippen MR) is 96.2 cm³/mol. The first-order valence-electron chi connectivity index (χ1n) is 8.28. The molecule has 0 saturated heterocycles. The van der Waals surface area contributed by atoms with Crippen LogP contribution in [0.15, 0.2) is 35.2 Å². The summed E-state index contributed by atoms with van der Waals surface area (Å²) in [6, 6.07) is 8.06. The van der Waals surface area contributed by atoms with Gasteiger partial charge in [-0.1, -0.05) is 18.2 Å². The van der Waals surface area contributed by atoms with Gasteiger partial charge in [-0.3, -0.25) is 9.82 Å². The molecular formula is C17H22N4O4S. The van der Waals surface area contributed by atoms with Crippen molar-refractivity contribution in [1.29, 1.82) is 0 Å². The number of hydrogen-bond acceptors (Lipinski definition) is 5. The average Bonchev–Trinajstić information content (AvgIpc) is 2.96. The molecule has 8 nitrogen and oxygen atoms in total. The molecule has 0 unspecified atom stereocenters. The fraction of sp³-hybridized carbons (Fsp3) is 0.412. The van der Waals surface area contributed by atoms with Crippen molar-refractivity contribution >= 4 is 21.9 Å². The fourth-order valence-corrected chi connectivity index (χ4v) is 3.70. The summed E-state index contributed by atoms with van der Waals surface area (Å²) in [5.41, 5.74) is 0.878. The molecule has 26 heavy (non-hydrogen) atoms. The molecule has 2 aromatic rings. The number of carbonyl (C=O) groups is 1.